The van der Waals surface area contributed by atoms with E-state index in [4.69, 9.17) is 9.47 Å². The summed E-state index contributed by atoms with van der Waals surface area (Å²) < 4.78 is 10.4. The van der Waals surface area contributed by atoms with Crippen molar-refractivity contribution in [1.82, 2.24) is 20.1 Å². The number of rotatable bonds is 5. The van der Waals surface area contributed by atoms with Crippen molar-refractivity contribution in [3.8, 4) is 5.75 Å². The first-order valence-corrected chi connectivity index (χ1v) is 9.87. The van der Waals surface area contributed by atoms with Crippen LogP contribution in [-0.2, 0) is 9.53 Å². The highest BCUT2D eigenvalue weighted by Crippen LogP contribution is 2.24. The molecule has 9 nitrogen and oxygen atoms in total. The van der Waals surface area contributed by atoms with E-state index in [0.717, 1.165) is 5.39 Å². The quantitative estimate of drug-likeness (QED) is 0.799. The smallest absolute Gasteiger partial charge is 0.409 e. The van der Waals surface area contributed by atoms with Gasteiger partial charge in [0, 0.05) is 37.1 Å². The zero-order valence-electron chi connectivity index (χ0n) is 17.4. The summed E-state index contributed by atoms with van der Waals surface area (Å²) in [5.74, 6) is -0.127. The lowest BCUT2D eigenvalue weighted by molar-refractivity contribution is -0.134. The van der Waals surface area contributed by atoms with Gasteiger partial charge in [-0.1, -0.05) is 12.1 Å². The molecule has 3 rings (SSSR count). The summed E-state index contributed by atoms with van der Waals surface area (Å²) in [7, 11) is 1.53. The fraction of sp³-hybridized carbons (Fsp3) is 0.429. The Morgan fingerprint density at radius 2 is 2.00 bits per heavy atom. The number of aromatic nitrogens is 1. The van der Waals surface area contributed by atoms with Gasteiger partial charge in [-0.15, -0.1) is 0 Å². The molecule has 2 heterocycles. The van der Waals surface area contributed by atoms with Crippen molar-refractivity contribution in [3.63, 3.8) is 0 Å². The lowest BCUT2D eigenvalue weighted by Gasteiger charge is -2.39. The molecule has 0 bridgehead atoms. The van der Waals surface area contributed by atoms with Crippen molar-refractivity contribution in [2.24, 2.45) is 0 Å². The number of para-hydroxylation sites is 1. The predicted molar refractivity (Wildman–Crippen MR) is 110 cm³/mol. The first kappa shape index (κ1) is 21.4. The Morgan fingerprint density at radius 1 is 1.23 bits per heavy atom. The van der Waals surface area contributed by atoms with E-state index in [1.165, 1.54) is 7.11 Å². The number of nitrogens with zero attached hydrogens (tertiary/aromatic N) is 3. The second-order valence-electron chi connectivity index (χ2n) is 6.99. The van der Waals surface area contributed by atoms with E-state index in [2.05, 4.69) is 10.3 Å². The number of fused-ring (bicyclic) bond motifs is 1. The molecule has 30 heavy (non-hydrogen) atoms. The maximum Gasteiger partial charge on any atom is 0.409 e. The second-order valence-corrected chi connectivity index (χ2v) is 6.99. The van der Waals surface area contributed by atoms with Gasteiger partial charge in [0.2, 0.25) is 5.91 Å². The maximum atomic E-state index is 12.6. The number of methoxy groups -OCH3 is 1. The summed E-state index contributed by atoms with van der Waals surface area (Å²) in [5, 5.41) is 3.44. The molecule has 0 radical (unpaired) electrons. The molecule has 1 aromatic carbocycles. The molecule has 1 aliphatic heterocycles. The normalized spacial score (nSPS) is 16.3. The molecule has 1 aromatic heterocycles. The molecule has 0 aliphatic carbocycles. The number of pyridine rings is 1. The molecule has 1 atom stereocenters. The minimum atomic E-state index is -0.454. The molecule has 1 N–H and O–H groups in total. The lowest BCUT2D eigenvalue weighted by atomic mass is 10.1. The Labute approximate surface area is 174 Å². The number of nitrogens with one attached hydrogen (secondary N) is 1. The van der Waals surface area contributed by atoms with Crippen LogP contribution in [0, 0.1) is 0 Å². The Bertz CT molecular complexity index is 948. The molecule has 0 unspecified atom stereocenters. The Hall–Kier alpha value is -3.36. The first-order valence-electron chi connectivity index (χ1n) is 9.87. The summed E-state index contributed by atoms with van der Waals surface area (Å²) in [6, 6.07) is 8.74. The van der Waals surface area contributed by atoms with E-state index < -0.39 is 5.91 Å². The van der Waals surface area contributed by atoms with Crippen LogP contribution in [0.25, 0.3) is 10.9 Å². The number of benzene rings is 1. The third-order valence-electron chi connectivity index (χ3n) is 5.00. The van der Waals surface area contributed by atoms with Crippen LogP contribution >= 0.6 is 0 Å². The fourth-order valence-corrected chi connectivity index (χ4v) is 3.49. The van der Waals surface area contributed by atoms with Gasteiger partial charge in [-0.2, -0.15) is 0 Å². The van der Waals surface area contributed by atoms with Crippen molar-refractivity contribution in [2.75, 3.05) is 39.9 Å². The second kappa shape index (κ2) is 9.43. The van der Waals surface area contributed by atoms with E-state index in [1.807, 2.05) is 25.1 Å². The molecule has 3 amide bonds. The first-order chi connectivity index (χ1) is 14.4. The van der Waals surface area contributed by atoms with Gasteiger partial charge in [-0.25, -0.2) is 9.78 Å². The third kappa shape index (κ3) is 4.61. The zero-order valence-corrected chi connectivity index (χ0v) is 17.4. The van der Waals surface area contributed by atoms with Gasteiger partial charge in [0.15, 0.2) is 0 Å². The number of amides is 3. The Morgan fingerprint density at radius 3 is 2.70 bits per heavy atom. The molecule has 1 aliphatic rings. The van der Waals surface area contributed by atoms with Crippen LogP contribution in [0.1, 0.15) is 24.3 Å². The van der Waals surface area contributed by atoms with Crippen molar-refractivity contribution in [3.05, 3.63) is 36.0 Å². The highest BCUT2D eigenvalue weighted by molar-refractivity contribution is 5.98. The summed E-state index contributed by atoms with van der Waals surface area (Å²) in [6.45, 7) is 4.95. The predicted octanol–water partition coefficient (Wildman–Crippen LogP) is 1.66. The maximum absolute atomic E-state index is 12.6. The molecule has 0 saturated carbocycles. The SMILES string of the molecule is CCOC(=O)N1CCN(C(=O)CNC(=O)c2cc(OC)c3ccccc3n2)[C@@H](C)C1. The summed E-state index contributed by atoms with van der Waals surface area (Å²) in [6.07, 6.45) is -0.374. The highest BCUT2D eigenvalue weighted by atomic mass is 16.6. The van der Waals surface area contributed by atoms with Crippen LogP contribution in [0.15, 0.2) is 30.3 Å². The van der Waals surface area contributed by atoms with E-state index in [0.29, 0.717) is 37.5 Å². The standard InChI is InChI=1S/C21H26N4O5/c1-4-30-21(28)24-9-10-25(14(2)13-24)19(26)12-22-20(27)17-11-18(29-3)15-7-5-6-8-16(15)23-17/h5-8,11,14H,4,9-10,12-13H2,1-3H3,(H,22,27)/t14-/m0/s1. The van der Waals surface area contributed by atoms with E-state index in [9.17, 15) is 14.4 Å². The van der Waals surface area contributed by atoms with Crippen LogP contribution < -0.4 is 10.1 Å². The number of carbonyl (C=O) groups excluding carboxylic acids is 3. The summed E-state index contributed by atoms with van der Waals surface area (Å²) >= 11 is 0. The number of piperazine rings is 1. The molecule has 0 spiro atoms. The Kier molecular flexibility index (Phi) is 6.71. The molecule has 1 fully saturated rings. The van der Waals surface area contributed by atoms with E-state index >= 15 is 0 Å². The van der Waals surface area contributed by atoms with Crippen molar-refractivity contribution >= 4 is 28.8 Å². The van der Waals surface area contributed by atoms with Crippen LogP contribution in [0.2, 0.25) is 0 Å². The molecule has 1 saturated heterocycles. The number of carbonyl (C=O) groups is 3. The fourth-order valence-electron chi connectivity index (χ4n) is 3.49. The lowest BCUT2D eigenvalue weighted by Crippen LogP contribution is -2.57. The van der Waals surface area contributed by atoms with Crippen LogP contribution in [0.3, 0.4) is 0 Å². The highest BCUT2D eigenvalue weighted by Gasteiger charge is 2.30. The van der Waals surface area contributed by atoms with Crippen molar-refractivity contribution < 1.29 is 23.9 Å². The van der Waals surface area contributed by atoms with Gasteiger partial charge < -0.3 is 24.6 Å². The summed E-state index contributed by atoms with van der Waals surface area (Å²) in [4.78, 5) is 44.6. The number of ether oxygens (including phenoxy) is 2. The molecule has 2 aromatic rings. The third-order valence-corrected chi connectivity index (χ3v) is 5.00. The largest absolute Gasteiger partial charge is 0.496 e. The number of hydrogen-bond donors (Lipinski definition) is 1. The average Bonchev–Trinajstić information content (AvgIpc) is 2.76. The van der Waals surface area contributed by atoms with Crippen molar-refractivity contribution in [1.29, 1.82) is 0 Å². The van der Waals surface area contributed by atoms with Crippen LogP contribution in [0.5, 0.6) is 5.75 Å². The molecule has 160 valence electrons. The van der Waals surface area contributed by atoms with Crippen LogP contribution in [0.4, 0.5) is 4.79 Å². The van der Waals surface area contributed by atoms with E-state index in [1.54, 1.807) is 28.9 Å². The monoisotopic (exact) mass is 414 g/mol. The minimum absolute atomic E-state index is 0.153. The van der Waals surface area contributed by atoms with Gasteiger partial charge in [-0.3, -0.25) is 9.59 Å². The van der Waals surface area contributed by atoms with E-state index in [-0.39, 0.29) is 30.3 Å². The molecule has 9 heteroatoms. The Balaban J connectivity index is 1.60. The minimum Gasteiger partial charge on any atom is -0.496 e. The number of hydrogen-bond acceptors (Lipinski definition) is 6. The van der Waals surface area contributed by atoms with Gasteiger partial charge in [0.05, 0.1) is 25.8 Å². The van der Waals surface area contributed by atoms with Crippen LogP contribution in [-0.4, -0.2) is 78.6 Å². The topological polar surface area (TPSA) is 101 Å². The van der Waals surface area contributed by atoms with Gasteiger partial charge in [0.25, 0.3) is 5.91 Å². The molecular weight excluding hydrogens is 388 g/mol. The van der Waals surface area contributed by atoms with Gasteiger partial charge in [-0.05, 0) is 26.0 Å². The van der Waals surface area contributed by atoms with Gasteiger partial charge >= 0.3 is 6.09 Å². The average molecular weight is 414 g/mol. The van der Waals surface area contributed by atoms with Crippen molar-refractivity contribution in [2.45, 2.75) is 19.9 Å². The molecular formula is C21H26N4O5. The summed E-state index contributed by atoms with van der Waals surface area (Å²) in [5.41, 5.74) is 0.815. The zero-order chi connectivity index (χ0) is 21.7. The van der Waals surface area contributed by atoms with Gasteiger partial charge in [0.1, 0.15) is 11.4 Å².